The van der Waals surface area contributed by atoms with Crippen LogP contribution in [0.3, 0.4) is 0 Å². The van der Waals surface area contributed by atoms with Gasteiger partial charge in [-0.25, -0.2) is 0 Å². The maximum absolute atomic E-state index is 12.7. The summed E-state index contributed by atoms with van der Waals surface area (Å²) in [5.74, 6) is -0.00779. The van der Waals surface area contributed by atoms with Crippen LogP contribution in [0.5, 0.6) is 0 Å². The molecule has 0 spiro atoms. The van der Waals surface area contributed by atoms with Crippen molar-refractivity contribution in [2.45, 2.75) is 6.92 Å². The number of para-hydroxylation sites is 1. The van der Waals surface area contributed by atoms with Crippen LogP contribution in [0.1, 0.15) is 26.7 Å². The number of anilines is 2. The molecule has 0 radical (unpaired) electrons. The van der Waals surface area contributed by atoms with Crippen molar-refractivity contribution in [1.29, 1.82) is 0 Å². The van der Waals surface area contributed by atoms with Gasteiger partial charge in [0.1, 0.15) is 11.3 Å². The Morgan fingerprint density at radius 1 is 0.771 bits per heavy atom. The van der Waals surface area contributed by atoms with Gasteiger partial charge in [0.2, 0.25) is 0 Å². The number of hydrogen-bond donors (Lipinski definition) is 2. The molecule has 0 aliphatic carbocycles. The van der Waals surface area contributed by atoms with Gasteiger partial charge in [-0.15, -0.1) is 0 Å². The van der Waals surface area contributed by atoms with Gasteiger partial charge in [-0.1, -0.05) is 47.5 Å². The van der Waals surface area contributed by atoms with E-state index in [-0.39, 0.29) is 17.4 Å². The van der Waals surface area contributed by atoms with Crippen LogP contribution in [-0.2, 0) is 0 Å². The smallest absolute Gasteiger partial charge is 0.291 e. The highest BCUT2D eigenvalue weighted by molar-refractivity contribution is 6.43. The summed E-state index contributed by atoms with van der Waals surface area (Å²) >= 11 is 12.3. The number of aryl methyl sites for hydroxylation is 1. The Kier molecular flexibility index (Phi) is 6.07. The second-order valence-corrected chi connectivity index (χ2v) is 8.64. The summed E-state index contributed by atoms with van der Waals surface area (Å²) in [4.78, 5) is 25.4. The minimum Gasteiger partial charge on any atom is -0.451 e. The van der Waals surface area contributed by atoms with E-state index in [4.69, 9.17) is 32.0 Å². The number of nitrogens with one attached hydrogen (secondary N) is 2. The number of halogens is 2. The van der Waals surface area contributed by atoms with Crippen LogP contribution >= 0.6 is 23.2 Å². The lowest BCUT2D eigenvalue weighted by Gasteiger charge is -2.10. The van der Waals surface area contributed by atoms with Crippen molar-refractivity contribution in [2.75, 3.05) is 10.6 Å². The number of furan rings is 2. The van der Waals surface area contributed by atoms with Crippen LogP contribution < -0.4 is 10.6 Å². The van der Waals surface area contributed by atoms with Gasteiger partial charge >= 0.3 is 0 Å². The second kappa shape index (κ2) is 9.33. The molecule has 0 saturated carbocycles. The molecule has 0 atom stereocenters. The zero-order chi connectivity index (χ0) is 24.5. The van der Waals surface area contributed by atoms with Crippen LogP contribution in [0, 0.1) is 6.92 Å². The van der Waals surface area contributed by atoms with Gasteiger partial charge < -0.3 is 19.5 Å². The van der Waals surface area contributed by atoms with E-state index in [1.165, 1.54) is 0 Å². The van der Waals surface area contributed by atoms with Crippen molar-refractivity contribution in [3.63, 3.8) is 0 Å². The molecular weight excluding hydrogens is 487 g/mol. The van der Waals surface area contributed by atoms with E-state index in [1.54, 1.807) is 60.7 Å². The summed E-state index contributed by atoms with van der Waals surface area (Å²) in [6, 6.07) is 22.7. The Morgan fingerprint density at radius 2 is 1.57 bits per heavy atom. The Hall–Kier alpha value is -4.00. The fraction of sp³-hybridized carbons (Fsp3) is 0.0370. The van der Waals surface area contributed by atoms with E-state index < -0.39 is 5.91 Å². The van der Waals surface area contributed by atoms with E-state index >= 15 is 0 Å². The third-order valence-electron chi connectivity index (χ3n) is 5.43. The normalized spacial score (nSPS) is 10.9. The molecule has 2 amide bonds. The molecule has 2 N–H and O–H groups in total. The molecule has 5 rings (SSSR count). The summed E-state index contributed by atoms with van der Waals surface area (Å²) in [6.07, 6.45) is 0. The number of carbonyl (C=O) groups is 2. The summed E-state index contributed by atoms with van der Waals surface area (Å²) < 4.78 is 11.3. The Labute approximate surface area is 210 Å². The minimum atomic E-state index is -0.423. The lowest BCUT2D eigenvalue weighted by Crippen LogP contribution is -2.13. The van der Waals surface area contributed by atoms with Gasteiger partial charge in [0.25, 0.3) is 11.8 Å². The maximum atomic E-state index is 12.7. The molecule has 0 unspecified atom stereocenters. The molecule has 174 valence electrons. The van der Waals surface area contributed by atoms with Gasteiger partial charge in [-0.2, -0.15) is 0 Å². The Bertz CT molecular complexity index is 1550. The zero-order valence-corrected chi connectivity index (χ0v) is 19.9. The summed E-state index contributed by atoms with van der Waals surface area (Å²) in [5, 5.41) is 7.24. The largest absolute Gasteiger partial charge is 0.451 e. The van der Waals surface area contributed by atoms with Crippen molar-refractivity contribution in [3.8, 4) is 11.3 Å². The first-order valence-electron chi connectivity index (χ1n) is 10.7. The lowest BCUT2D eigenvalue weighted by molar-refractivity contribution is 0.0990. The highest BCUT2D eigenvalue weighted by atomic mass is 35.5. The summed E-state index contributed by atoms with van der Waals surface area (Å²) in [7, 11) is 0. The first-order valence-corrected chi connectivity index (χ1v) is 11.4. The predicted octanol–water partition coefficient (Wildman–Crippen LogP) is 7.81. The zero-order valence-electron chi connectivity index (χ0n) is 18.4. The monoisotopic (exact) mass is 504 g/mol. The molecule has 0 aliphatic heterocycles. The highest BCUT2D eigenvalue weighted by Gasteiger charge is 2.17. The molecule has 35 heavy (non-hydrogen) atoms. The number of fused-ring (bicyclic) bond motifs is 1. The lowest BCUT2D eigenvalue weighted by atomic mass is 10.1. The Balaban J connectivity index is 1.28. The van der Waals surface area contributed by atoms with Crippen LogP contribution in [0.15, 0.2) is 87.7 Å². The molecule has 2 aromatic heterocycles. The second-order valence-electron chi connectivity index (χ2n) is 7.85. The van der Waals surface area contributed by atoms with E-state index in [0.29, 0.717) is 38.3 Å². The molecule has 0 bridgehead atoms. The molecule has 8 heteroatoms. The number of hydrogen-bond acceptors (Lipinski definition) is 4. The molecule has 0 saturated heterocycles. The quantitative estimate of drug-likeness (QED) is 0.255. The molecular formula is C27H18Cl2N2O4. The van der Waals surface area contributed by atoms with Crippen molar-refractivity contribution >= 4 is 57.4 Å². The summed E-state index contributed by atoms with van der Waals surface area (Å²) in [6.45, 7) is 1.83. The van der Waals surface area contributed by atoms with Crippen LogP contribution in [0.4, 0.5) is 11.4 Å². The van der Waals surface area contributed by atoms with E-state index in [9.17, 15) is 9.59 Å². The maximum Gasteiger partial charge on any atom is 0.291 e. The van der Waals surface area contributed by atoms with Crippen molar-refractivity contribution in [1.82, 2.24) is 0 Å². The van der Waals surface area contributed by atoms with Crippen molar-refractivity contribution in [2.24, 2.45) is 0 Å². The van der Waals surface area contributed by atoms with Gasteiger partial charge in [0, 0.05) is 22.3 Å². The summed E-state index contributed by atoms with van der Waals surface area (Å²) in [5.41, 5.74) is 3.15. The molecule has 0 fully saturated rings. The van der Waals surface area contributed by atoms with Crippen LogP contribution in [0.25, 0.3) is 22.3 Å². The number of carbonyl (C=O) groups excluding carboxylic acids is 2. The first kappa shape index (κ1) is 22.8. The predicted molar refractivity (Wildman–Crippen MR) is 137 cm³/mol. The van der Waals surface area contributed by atoms with Gasteiger partial charge in [0.15, 0.2) is 11.5 Å². The standard InChI is InChI=1S/C27H18Cl2N2O4/c1-15-13-17(9-10-20(15)31-27(33)24-14-16-5-2-3-8-21(16)34-24)30-26(32)23-12-11-22(35-23)18-6-4-7-19(28)25(18)29/h2-14H,1H3,(H,30,32)(H,31,33). The molecule has 5 aromatic rings. The fourth-order valence-electron chi connectivity index (χ4n) is 3.65. The van der Waals surface area contributed by atoms with Crippen molar-refractivity contribution in [3.05, 3.63) is 106 Å². The SMILES string of the molecule is Cc1cc(NC(=O)c2ccc(-c3cccc(Cl)c3Cl)o2)ccc1NC(=O)c1cc2ccccc2o1. The van der Waals surface area contributed by atoms with Crippen LogP contribution in [0.2, 0.25) is 10.0 Å². The van der Waals surface area contributed by atoms with Crippen molar-refractivity contribution < 1.29 is 18.4 Å². The van der Waals surface area contributed by atoms with Crippen LogP contribution in [-0.4, -0.2) is 11.8 Å². The average molecular weight is 505 g/mol. The number of rotatable bonds is 5. The van der Waals surface area contributed by atoms with E-state index in [0.717, 1.165) is 10.9 Å². The fourth-order valence-corrected chi connectivity index (χ4v) is 4.04. The third kappa shape index (κ3) is 4.67. The minimum absolute atomic E-state index is 0.121. The highest BCUT2D eigenvalue weighted by Crippen LogP contribution is 2.34. The first-order chi connectivity index (χ1) is 16.9. The van der Waals surface area contributed by atoms with E-state index in [1.807, 2.05) is 25.1 Å². The molecule has 3 aromatic carbocycles. The molecule has 6 nitrogen and oxygen atoms in total. The Morgan fingerprint density at radius 3 is 2.37 bits per heavy atom. The van der Waals surface area contributed by atoms with Gasteiger partial charge in [-0.3, -0.25) is 9.59 Å². The van der Waals surface area contributed by atoms with Gasteiger partial charge in [0.05, 0.1) is 10.0 Å². The number of benzene rings is 3. The van der Waals surface area contributed by atoms with Gasteiger partial charge in [-0.05, 0) is 67.1 Å². The number of amides is 2. The average Bonchev–Trinajstić information content (AvgIpc) is 3.50. The molecule has 2 heterocycles. The topological polar surface area (TPSA) is 84.5 Å². The van der Waals surface area contributed by atoms with E-state index in [2.05, 4.69) is 10.6 Å². The third-order valence-corrected chi connectivity index (χ3v) is 6.25. The molecule has 0 aliphatic rings.